The Kier molecular flexibility index (Phi) is 5.98. The molecule has 33 heavy (non-hydrogen) atoms. The van der Waals surface area contributed by atoms with Crippen molar-refractivity contribution in [2.24, 2.45) is 17.6 Å². The van der Waals surface area contributed by atoms with Crippen LogP contribution < -0.4 is 5.73 Å². The van der Waals surface area contributed by atoms with Gasteiger partial charge in [-0.2, -0.15) is 0 Å². The maximum atomic E-state index is 14.2. The highest BCUT2D eigenvalue weighted by Crippen LogP contribution is 2.50. The Morgan fingerprint density at radius 2 is 1.58 bits per heavy atom. The topological polar surface area (TPSA) is 60.9 Å². The number of fused-ring (bicyclic) bond motifs is 1. The second-order valence-electron chi connectivity index (χ2n) is 10.1. The minimum absolute atomic E-state index is 0.185. The van der Waals surface area contributed by atoms with Crippen LogP contribution in [0.1, 0.15) is 69.8 Å². The van der Waals surface area contributed by atoms with E-state index < -0.39 is 5.54 Å². The zero-order valence-corrected chi connectivity index (χ0v) is 19.5. The average Bonchev–Trinajstić information content (AvgIpc) is 3.22. The maximum Gasteiger partial charge on any atom is 0.244 e. The lowest BCUT2D eigenvalue weighted by molar-refractivity contribution is -0.135. The fraction of sp³-hybridized carbons (Fsp3) is 0.500. The molecule has 2 aromatic carbocycles. The number of hydrogen-bond acceptors (Lipinski definition) is 2. The molecule has 2 N–H and O–H groups in total. The first-order chi connectivity index (χ1) is 16.0. The van der Waals surface area contributed by atoms with E-state index in [0.717, 1.165) is 73.8 Å². The highest BCUT2D eigenvalue weighted by molar-refractivity contribution is 5.89. The van der Waals surface area contributed by atoms with Crippen LogP contribution in [0.2, 0.25) is 0 Å². The van der Waals surface area contributed by atoms with Gasteiger partial charge in [0.1, 0.15) is 17.2 Å². The summed E-state index contributed by atoms with van der Waals surface area (Å²) in [6, 6.07) is 13.2. The third kappa shape index (κ3) is 3.66. The van der Waals surface area contributed by atoms with Gasteiger partial charge in [0.25, 0.3) is 0 Å². The van der Waals surface area contributed by atoms with Crippen LogP contribution in [0.4, 0.5) is 4.39 Å². The molecule has 2 aliphatic carbocycles. The Bertz CT molecular complexity index is 1140. The minimum atomic E-state index is -0.825. The first kappa shape index (κ1) is 22.1. The largest absolute Gasteiger partial charge is 0.368 e. The van der Waals surface area contributed by atoms with Crippen molar-refractivity contribution in [3.8, 4) is 11.4 Å². The van der Waals surface area contributed by atoms with E-state index in [0.29, 0.717) is 5.56 Å². The van der Waals surface area contributed by atoms with Crippen molar-refractivity contribution >= 4 is 16.9 Å². The molecule has 5 heteroatoms. The molecule has 0 saturated heterocycles. The molecule has 0 bridgehead atoms. The van der Waals surface area contributed by atoms with E-state index in [1.807, 2.05) is 24.3 Å². The van der Waals surface area contributed by atoms with Crippen LogP contribution in [0.5, 0.6) is 0 Å². The van der Waals surface area contributed by atoms with Gasteiger partial charge in [-0.15, -0.1) is 0 Å². The smallest absolute Gasteiger partial charge is 0.244 e. The van der Waals surface area contributed by atoms with E-state index in [4.69, 9.17) is 10.7 Å². The van der Waals surface area contributed by atoms with Gasteiger partial charge in [-0.3, -0.25) is 4.79 Å². The molecule has 4 nitrogen and oxygen atoms in total. The number of para-hydroxylation sites is 2. The third-order valence-corrected chi connectivity index (χ3v) is 8.20. The monoisotopic (exact) mass is 447 g/mol. The van der Waals surface area contributed by atoms with E-state index in [9.17, 15) is 9.18 Å². The maximum absolute atomic E-state index is 14.2. The van der Waals surface area contributed by atoms with Crippen molar-refractivity contribution in [2.45, 2.75) is 76.7 Å². The van der Waals surface area contributed by atoms with Crippen molar-refractivity contribution < 1.29 is 9.18 Å². The molecule has 0 aliphatic heterocycles. The fourth-order valence-electron chi connectivity index (χ4n) is 6.67. The molecular weight excluding hydrogens is 413 g/mol. The second-order valence-corrected chi connectivity index (χ2v) is 10.1. The Labute approximate surface area is 195 Å². The summed E-state index contributed by atoms with van der Waals surface area (Å²) in [6.45, 7) is 1.77. The van der Waals surface area contributed by atoms with Gasteiger partial charge >= 0.3 is 0 Å². The average molecular weight is 448 g/mol. The Morgan fingerprint density at radius 3 is 2.15 bits per heavy atom. The third-order valence-electron chi connectivity index (χ3n) is 8.20. The summed E-state index contributed by atoms with van der Waals surface area (Å²) in [4.78, 5) is 18.8. The summed E-state index contributed by atoms with van der Waals surface area (Å²) in [6.07, 6.45) is 11.0. The van der Waals surface area contributed by atoms with E-state index in [1.54, 1.807) is 13.0 Å². The highest BCUT2D eigenvalue weighted by Gasteiger charge is 2.53. The SMILES string of the molecule is Cc1cc(-c2nc3ccccc3n2C(C(N)=O)(C2CCCCC2)C2CCCCC2)ccc1F. The quantitative estimate of drug-likeness (QED) is 0.486. The molecule has 1 heterocycles. The van der Waals surface area contributed by atoms with Crippen LogP contribution in [-0.2, 0) is 10.3 Å². The molecule has 1 amide bonds. The van der Waals surface area contributed by atoms with E-state index >= 15 is 0 Å². The van der Waals surface area contributed by atoms with E-state index in [2.05, 4.69) is 10.6 Å². The van der Waals surface area contributed by atoms with E-state index in [-0.39, 0.29) is 23.6 Å². The number of rotatable bonds is 5. The minimum Gasteiger partial charge on any atom is -0.368 e. The number of carbonyl (C=O) groups excluding carboxylic acids is 1. The number of aromatic nitrogens is 2. The Hall–Kier alpha value is -2.69. The molecule has 1 aromatic heterocycles. The molecule has 0 unspecified atom stereocenters. The zero-order valence-electron chi connectivity index (χ0n) is 19.5. The van der Waals surface area contributed by atoms with Gasteiger partial charge in [0, 0.05) is 5.56 Å². The van der Waals surface area contributed by atoms with Gasteiger partial charge in [-0.25, -0.2) is 9.37 Å². The molecule has 2 fully saturated rings. The normalized spacial score (nSPS) is 18.6. The fourth-order valence-corrected chi connectivity index (χ4v) is 6.67. The number of aryl methyl sites for hydroxylation is 1. The predicted octanol–water partition coefficient (Wildman–Crippen LogP) is 6.49. The van der Waals surface area contributed by atoms with Crippen molar-refractivity contribution in [2.75, 3.05) is 0 Å². The van der Waals surface area contributed by atoms with Gasteiger partial charge in [0.05, 0.1) is 11.0 Å². The van der Waals surface area contributed by atoms with Crippen molar-refractivity contribution in [1.29, 1.82) is 0 Å². The van der Waals surface area contributed by atoms with Gasteiger partial charge in [0.2, 0.25) is 5.91 Å². The summed E-state index contributed by atoms with van der Waals surface area (Å²) in [5, 5.41) is 0. The number of primary amides is 1. The standard InChI is InChI=1S/C28H34FN3O/c1-19-18-20(16-17-23(19)29)26-31-24-14-8-9-15-25(24)32(26)28(27(30)33,21-10-4-2-5-11-21)22-12-6-3-7-13-22/h8-9,14-18,21-22H,2-7,10-13H2,1H3,(H2,30,33). The summed E-state index contributed by atoms with van der Waals surface area (Å²) in [5.41, 5.74) is 8.86. The first-order valence-electron chi connectivity index (χ1n) is 12.6. The summed E-state index contributed by atoms with van der Waals surface area (Å²) >= 11 is 0. The molecule has 0 atom stereocenters. The second kappa shape index (κ2) is 8.92. The summed E-state index contributed by atoms with van der Waals surface area (Å²) in [5.74, 6) is 0.635. The lowest BCUT2D eigenvalue weighted by Gasteiger charge is -2.48. The number of carbonyl (C=O) groups is 1. The Balaban J connectivity index is 1.83. The number of hydrogen-bond donors (Lipinski definition) is 1. The lowest BCUT2D eigenvalue weighted by atomic mass is 9.63. The summed E-state index contributed by atoms with van der Waals surface area (Å²) < 4.78 is 16.4. The number of amides is 1. The molecule has 3 aromatic rings. The predicted molar refractivity (Wildman–Crippen MR) is 130 cm³/mol. The van der Waals surface area contributed by atoms with Crippen LogP contribution in [0.15, 0.2) is 42.5 Å². The molecule has 2 saturated carbocycles. The molecule has 0 radical (unpaired) electrons. The Morgan fingerprint density at radius 1 is 0.970 bits per heavy atom. The van der Waals surface area contributed by atoms with Crippen molar-refractivity contribution in [3.63, 3.8) is 0 Å². The van der Waals surface area contributed by atoms with Gasteiger partial charge in [-0.05, 0) is 80.3 Å². The number of benzene rings is 2. The van der Waals surface area contributed by atoms with Crippen LogP contribution in [0, 0.1) is 24.6 Å². The zero-order chi connectivity index (χ0) is 23.0. The number of imidazole rings is 1. The van der Waals surface area contributed by atoms with E-state index in [1.165, 1.54) is 18.9 Å². The van der Waals surface area contributed by atoms with Crippen molar-refractivity contribution in [3.05, 3.63) is 53.8 Å². The first-order valence-corrected chi connectivity index (χ1v) is 12.6. The van der Waals surface area contributed by atoms with Gasteiger partial charge in [-0.1, -0.05) is 50.7 Å². The van der Waals surface area contributed by atoms with Crippen LogP contribution >= 0.6 is 0 Å². The molecule has 174 valence electrons. The molecule has 2 aliphatic rings. The molecular formula is C28H34FN3O. The van der Waals surface area contributed by atoms with Crippen molar-refractivity contribution in [1.82, 2.24) is 9.55 Å². The molecule has 5 rings (SSSR count). The lowest BCUT2D eigenvalue weighted by Crippen LogP contribution is -2.58. The number of nitrogens with zero attached hydrogens (tertiary/aromatic N) is 2. The van der Waals surface area contributed by atoms with Crippen LogP contribution in [-0.4, -0.2) is 15.5 Å². The van der Waals surface area contributed by atoms with Crippen LogP contribution in [0.3, 0.4) is 0 Å². The number of halogens is 1. The van der Waals surface area contributed by atoms with Gasteiger partial charge in [0.15, 0.2) is 0 Å². The molecule has 0 spiro atoms. The summed E-state index contributed by atoms with van der Waals surface area (Å²) in [7, 11) is 0. The van der Waals surface area contributed by atoms with Crippen LogP contribution in [0.25, 0.3) is 22.4 Å². The number of nitrogens with two attached hydrogens (primary N) is 1. The van der Waals surface area contributed by atoms with Gasteiger partial charge < -0.3 is 10.3 Å². The highest BCUT2D eigenvalue weighted by atomic mass is 19.1.